The molecule has 0 aliphatic rings. The predicted octanol–water partition coefficient (Wildman–Crippen LogP) is 2.77. The van der Waals surface area contributed by atoms with Crippen molar-refractivity contribution < 1.29 is 4.79 Å². The lowest BCUT2D eigenvalue weighted by Gasteiger charge is -2.14. The molecule has 0 fully saturated rings. The SMILES string of the molecule is CCCc1cc2c(=O)c(C(=O)NCc3ccc(Cl)cc3)cn(C)c2n(C)c1=O. The van der Waals surface area contributed by atoms with Gasteiger partial charge in [-0.2, -0.15) is 0 Å². The van der Waals surface area contributed by atoms with Crippen LogP contribution >= 0.6 is 11.6 Å². The molecule has 2 heterocycles. The van der Waals surface area contributed by atoms with E-state index in [-0.39, 0.29) is 23.1 Å². The molecule has 7 heteroatoms. The van der Waals surface area contributed by atoms with Crippen LogP contribution in [0.3, 0.4) is 0 Å². The van der Waals surface area contributed by atoms with Crippen molar-refractivity contribution in [1.82, 2.24) is 14.5 Å². The Morgan fingerprint density at radius 3 is 2.46 bits per heavy atom. The van der Waals surface area contributed by atoms with Gasteiger partial charge in [-0.05, 0) is 30.2 Å². The predicted molar refractivity (Wildman–Crippen MR) is 111 cm³/mol. The van der Waals surface area contributed by atoms with Crippen LogP contribution < -0.4 is 16.3 Å². The van der Waals surface area contributed by atoms with E-state index in [0.29, 0.717) is 28.0 Å². The van der Waals surface area contributed by atoms with E-state index < -0.39 is 5.91 Å². The second-order valence-electron chi connectivity index (χ2n) is 6.81. The van der Waals surface area contributed by atoms with Crippen molar-refractivity contribution in [2.45, 2.75) is 26.3 Å². The Hall–Kier alpha value is -2.86. The summed E-state index contributed by atoms with van der Waals surface area (Å²) in [5.41, 5.74) is 1.49. The van der Waals surface area contributed by atoms with Crippen molar-refractivity contribution in [1.29, 1.82) is 0 Å². The maximum atomic E-state index is 13.0. The molecule has 6 nitrogen and oxygen atoms in total. The van der Waals surface area contributed by atoms with Crippen LogP contribution in [0, 0.1) is 0 Å². The topological polar surface area (TPSA) is 73.1 Å². The number of nitrogens with zero attached hydrogens (tertiary/aromatic N) is 2. The molecule has 0 bridgehead atoms. The van der Waals surface area contributed by atoms with Crippen LogP contribution in [0.2, 0.25) is 5.02 Å². The smallest absolute Gasteiger partial charge is 0.257 e. The number of aromatic nitrogens is 2. The summed E-state index contributed by atoms with van der Waals surface area (Å²) in [7, 11) is 3.36. The first kappa shape index (κ1) is 19.9. The molecule has 0 saturated carbocycles. The quantitative estimate of drug-likeness (QED) is 0.717. The second-order valence-corrected chi connectivity index (χ2v) is 7.25. The van der Waals surface area contributed by atoms with Crippen LogP contribution in [0.4, 0.5) is 0 Å². The number of benzene rings is 1. The van der Waals surface area contributed by atoms with Gasteiger partial charge in [-0.1, -0.05) is 37.1 Å². The Morgan fingerprint density at radius 2 is 1.82 bits per heavy atom. The number of halogens is 1. The fraction of sp³-hybridized carbons (Fsp3) is 0.286. The van der Waals surface area contributed by atoms with Gasteiger partial charge in [-0.15, -0.1) is 0 Å². The van der Waals surface area contributed by atoms with E-state index in [1.54, 1.807) is 36.9 Å². The summed E-state index contributed by atoms with van der Waals surface area (Å²) in [6.07, 6.45) is 2.85. The maximum absolute atomic E-state index is 13.0. The second kappa shape index (κ2) is 8.02. The van der Waals surface area contributed by atoms with Crippen LogP contribution in [0.25, 0.3) is 11.0 Å². The molecule has 1 amide bonds. The molecular formula is C21H22ClN3O3. The maximum Gasteiger partial charge on any atom is 0.257 e. The molecular weight excluding hydrogens is 378 g/mol. The minimum absolute atomic E-state index is 0.0464. The average molecular weight is 400 g/mol. The van der Waals surface area contributed by atoms with Crippen LogP contribution in [-0.2, 0) is 27.1 Å². The number of hydrogen-bond donors (Lipinski definition) is 1. The van der Waals surface area contributed by atoms with Gasteiger partial charge in [0, 0.05) is 37.4 Å². The first-order valence-electron chi connectivity index (χ1n) is 9.08. The van der Waals surface area contributed by atoms with Crippen molar-refractivity contribution in [2.24, 2.45) is 14.1 Å². The van der Waals surface area contributed by atoms with Crippen molar-refractivity contribution in [3.63, 3.8) is 0 Å². The molecule has 3 rings (SSSR count). The highest BCUT2D eigenvalue weighted by molar-refractivity contribution is 6.30. The van der Waals surface area contributed by atoms with Crippen LogP contribution in [0.1, 0.15) is 34.8 Å². The molecule has 1 N–H and O–H groups in total. The van der Waals surface area contributed by atoms with E-state index in [4.69, 9.17) is 11.6 Å². The molecule has 28 heavy (non-hydrogen) atoms. The molecule has 0 spiro atoms. The highest BCUT2D eigenvalue weighted by Crippen LogP contribution is 2.12. The Labute approximate surface area is 167 Å². The van der Waals surface area contributed by atoms with Gasteiger partial charge in [0.2, 0.25) is 5.43 Å². The van der Waals surface area contributed by atoms with E-state index >= 15 is 0 Å². The van der Waals surface area contributed by atoms with Gasteiger partial charge in [0.15, 0.2) is 0 Å². The van der Waals surface area contributed by atoms with E-state index in [9.17, 15) is 14.4 Å². The summed E-state index contributed by atoms with van der Waals surface area (Å²) >= 11 is 5.87. The fourth-order valence-corrected chi connectivity index (χ4v) is 3.46. The van der Waals surface area contributed by atoms with Gasteiger partial charge in [0.25, 0.3) is 11.5 Å². The summed E-state index contributed by atoms with van der Waals surface area (Å²) in [6.45, 7) is 2.26. The van der Waals surface area contributed by atoms with Crippen molar-refractivity contribution in [3.05, 3.63) is 78.8 Å². The summed E-state index contributed by atoms with van der Waals surface area (Å²) in [5, 5.41) is 3.75. The van der Waals surface area contributed by atoms with Crippen molar-refractivity contribution in [3.8, 4) is 0 Å². The lowest BCUT2D eigenvalue weighted by atomic mass is 10.1. The van der Waals surface area contributed by atoms with Crippen molar-refractivity contribution >= 4 is 28.5 Å². The third-order valence-corrected chi connectivity index (χ3v) is 4.98. The first-order chi connectivity index (χ1) is 13.3. The van der Waals surface area contributed by atoms with Gasteiger partial charge in [-0.25, -0.2) is 0 Å². The van der Waals surface area contributed by atoms with Crippen LogP contribution in [0.15, 0.2) is 46.1 Å². The number of nitrogens with one attached hydrogen (secondary N) is 1. The average Bonchev–Trinajstić information content (AvgIpc) is 2.67. The molecule has 0 radical (unpaired) electrons. The molecule has 2 aromatic heterocycles. The van der Waals surface area contributed by atoms with Crippen LogP contribution in [-0.4, -0.2) is 15.0 Å². The highest BCUT2D eigenvalue weighted by Gasteiger charge is 2.17. The summed E-state index contributed by atoms with van der Waals surface area (Å²) in [4.78, 5) is 38.1. The molecule has 1 aromatic carbocycles. The zero-order valence-electron chi connectivity index (χ0n) is 16.1. The number of carbonyl (C=O) groups excluding carboxylic acids is 1. The van der Waals surface area contributed by atoms with E-state index in [0.717, 1.165) is 12.0 Å². The third kappa shape index (κ3) is 3.73. The molecule has 0 saturated heterocycles. The Bertz CT molecular complexity index is 1160. The number of amides is 1. The number of carbonyl (C=O) groups is 1. The molecule has 3 aromatic rings. The molecule has 0 aliphatic carbocycles. The largest absolute Gasteiger partial charge is 0.348 e. The molecule has 0 unspecified atom stereocenters. The standard InChI is InChI=1S/C21H22ClN3O3/c1-4-5-14-10-16-18(26)17(12-24(2)20(16)25(3)21(14)28)19(27)23-11-13-6-8-15(22)9-7-13/h6-10,12H,4-5,11H2,1-3H3,(H,23,27). The lowest BCUT2D eigenvalue weighted by Crippen LogP contribution is -2.31. The van der Waals surface area contributed by atoms with E-state index in [1.165, 1.54) is 10.8 Å². The van der Waals surface area contributed by atoms with E-state index in [2.05, 4.69) is 5.32 Å². The molecule has 0 atom stereocenters. The Kier molecular flexibility index (Phi) is 5.70. The Balaban J connectivity index is 2.01. The fourth-order valence-electron chi connectivity index (χ4n) is 3.33. The molecule has 0 aliphatic heterocycles. The number of rotatable bonds is 5. The number of pyridine rings is 2. The summed E-state index contributed by atoms with van der Waals surface area (Å²) in [6, 6.07) is 8.74. The number of hydrogen-bond acceptors (Lipinski definition) is 3. The van der Waals surface area contributed by atoms with Gasteiger partial charge in [0.1, 0.15) is 11.2 Å². The number of aryl methyl sites for hydroxylation is 3. The minimum atomic E-state index is -0.455. The van der Waals surface area contributed by atoms with Gasteiger partial charge in [0.05, 0.1) is 5.39 Å². The molecule has 146 valence electrons. The first-order valence-corrected chi connectivity index (χ1v) is 9.46. The van der Waals surface area contributed by atoms with Crippen molar-refractivity contribution in [2.75, 3.05) is 0 Å². The van der Waals surface area contributed by atoms with E-state index in [1.807, 2.05) is 19.1 Å². The zero-order chi connectivity index (χ0) is 20.4. The third-order valence-electron chi connectivity index (χ3n) is 4.73. The summed E-state index contributed by atoms with van der Waals surface area (Å²) < 4.78 is 3.11. The highest BCUT2D eigenvalue weighted by atomic mass is 35.5. The Morgan fingerprint density at radius 1 is 1.14 bits per heavy atom. The van der Waals surface area contributed by atoms with Gasteiger partial charge >= 0.3 is 0 Å². The monoisotopic (exact) mass is 399 g/mol. The lowest BCUT2D eigenvalue weighted by molar-refractivity contribution is 0.0949. The van der Waals surface area contributed by atoms with Gasteiger partial charge < -0.3 is 9.88 Å². The minimum Gasteiger partial charge on any atom is -0.348 e. The summed E-state index contributed by atoms with van der Waals surface area (Å²) in [5.74, 6) is -0.455. The zero-order valence-corrected chi connectivity index (χ0v) is 16.8. The number of fused-ring (bicyclic) bond motifs is 1. The normalized spacial score (nSPS) is 11.0. The van der Waals surface area contributed by atoms with Crippen LogP contribution in [0.5, 0.6) is 0 Å². The van der Waals surface area contributed by atoms with Gasteiger partial charge in [-0.3, -0.25) is 19.0 Å².